The second-order valence-corrected chi connectivity index (χ2v) is 5.30. The molecule has 108 valence electrons. The predicted molar refractivity (Wildman–Crippen MR) is 72.8 cm³/mol. The molecular weight excluding hydrogens is 242 g/mol. The molecule has 1 unspecified atom stereocenters. The molecule has 19 heavy (non-hydrogen) atoms. The van der Waals surface area contributed by atoms with Crippen molar-refractivity contribution < 1.29 is 4.74 Å². The average molecular weight is 267 g/mol. The van der Waals surface area contributed by atoms with Gasteiger partial charge in [0.2, 0.25) is 0 Å². The Bertz CT molecular complexity index is 360. The van der Waals surface area contributed by atoms with Crippen molar-refractivity contribution in [2.45, 2.75) is 57.5 Å². The summed E-state index contributed by atoms with van der Waals surface area (Å²) >= 11 is 0. The first-order chi connectivity index (χ1) is 9.33. The van der Waals surface area contributed by atoms with E-state index < -0.39 is 0 Å². The Hall–Kier alpha value is -1.01. The van der Waals surface area contributed by atoms with Crippen LogP contribution in [0.15, 0.2) is 0 Å². The van der Waals surface area contributed by atoms with Gasteiger partial charge in [-0.15, -0.1) is 5.10 Å². The maximum absolute atomic E-state index is 5.05. The highest BCUT2D eigenvalue weighted by Crippen LogP contribution is 2.28. The lowest BCUT2D eigenvalue weighted by Gasteiger charge is -2.19. The third-order valence-corrected chi connectivity index (χ3v) is 3.83. The monoisotopic (exact) mass is 267 g/mol. The quantitative estimate of drug-likeness (QED) is 0.629. The van der Waals surface area contributed by atoms with Crippen LogP contribution in [0.5, 0.6) is 0 Å². The molecule has 1 aliphatic carbocycles. The van der Waals surface area contributed by atoms with Crippen molar-refractivity contribution in [3.05, 3.63) is 5.82 Å². The third kappa shape index (κ3) is 3.98. The van der Waals surface area contributed by atoms with Gasteiger partial charge in [-0.2, -0.15) is 0 Å². The molecule has 1 heterocycles. The number of tetrazole rings is 1. The van der Waals surface area contributed by atoms with E-state index in [1.54, 1.807) is 7.11 Å². The van der Waals surface area contributed by atoms with Gasteiger partial charge in [0, 0.05) is 13.7 Å². The molecule has 1 aromatic heterocycles. The first-order valence-corrected chi connectivity index (χ1v) is 7.33. The molecule has 0 aromatic carbocycles. The van der Waals surface area contributed by atoms with Crippen molar-refractivity contribution >= 4 is 0 Å². The van der Waals surface area contributed by atoms with Crippen LogP contribution in [0.4, 0.5) is 0 Å². The fourth-order valence-corrected chi connectivity index (χ4v) is 2.72. The largest absolute Gasteiger partial charge is 0.383 e. The topological polar surface area (TPSA) is 64.9 Å². The minimum Gasteiger partial charge on any atom is -0.383 e. The molecule has 0 amide bonds. The normalized spacial score (nSPS) is 19.3. The molecule has 1 atom stereocenters. The first-order valence-electron chi connectivity index (χ1n) is 7.33. The van der Waals surface area contributed by atoms with Crippen molar-refractivity contribution in [1.29, 1.82) is 0 Å². The molecule has 1 fully saturated rings. The van der Waals surface area contributed by atoms with Crippen molar-refractivity contribution in [3.63, 3.8) is 0 Å². The standard InChI is InChI=1S/C13H25N5O/c1-11(14-9-10-19-2)13-15-16-17-18(13)12-7-5-3-4-6-8-12/h11-12,14H,3-10H2,1-2H3. The molecule has 0 saturated heterocycles. The lowest BCUT2D eigenvalue weighted by molar-refractivity contribution is 0.195. The molecule has 2 rings (SSSR count). The number of hydrogen-bond acceptors (Lipinski definition) is 5. The zero-order valence-corrected chi connectivity index (χ0v) is 12.0. The molecular formula is C13H25N5O. The number of aromatic nitrogens is 4. The third-order valence-electron chi connectivity index (χ3n) is 3.83. The van der Waals surface area contributed by atoms with Gasteiger partial charge in [0.15, 0.2) is 5.82 Å². The number of methoxy groups -OCH3 is 1. The van der Waals surface area contributed by atoms with Gasteiger partial charge >= 0.3 is 0 Å². The highest BCUT2D eigenvalue weighted by molar-refractivity contribution is 4.92. The van der Waals surface area contributed by atoms with E-state index in [1.807, 2.05) is 4.68 Å². The lowest BCUT2D eigenvalue weighted by Crippen LogP contribution is -2.27. The van der Waals surface area contributed by atoms with Crippen molar-refractivity contribution in [1.82, 2.24) is 25.5 Å². The van der Waals surface area contributed by atoms with Gasteiger partial charge in [-0.1, -0.05) is 25.7 Å². The molecule has 0 bridgehead atoms. The van der Waals surface area contributed by atoms with Crippen LogP contribution in [-0.2, 0) is 4.74 Å². The molecule has 6 heteroatoms. The van der Waals surface area contributed by atoms with E-state index in [2.05, 4.69) is 27.8 Å². The van der Waals surface area contributed by atoms with Crippen LogP contribution in [0.1, 0.15) is 63.4 Å². The van der Waals surface area contributed by atoms with E-state index in [9.17, 15) is 0 Å². The minimum absolute atomic E-state index is 0.161. The van der Waals surface area contributed by atoms with Gasteiger partial charge in [-0.05, 0) is 30.2 Å². The Balaban J connectivity index is 1.99. The fourth-order valence-electron chi connectivity index (χ4n) is 2.72. The molecule has 0 aliphatic heterocycles. The Labute approximate surface area is 114 Å². The summed E-state index contributed by atoms with van der Waals surface area (Å²) in [4.78, 5) is 0. The predicted octanol–water partition coefficient (Wildman–Crippen LogP) is 1.87. The van der Waals surface area contributed by atoms with Crippen molar-refractivity contribution in [2.75, 3.05) is 20.3 Å². The lowest BCUT2D eigenvalue weighted by atomic mass is 10.1. The van der Waals surface area contributed by atoms with E-state index in [0.29, 0.717) is 12.6 Å². The molecule has 1 aromatic rings. The average Bonchev–Trinajstić information content (AvgIpc) is 2.75. The van der Waals surface area contributed by atoms with Crippen LogP contribution in [0.3, 0.4) is 0 Å². The zero-order valence-electron chi connectivity index (χ0n) is 12.0. The number of ether oxygens (including phenoxy) is 1. The summed E-state index contributed by atoms with van der Waals surface area (Å²) in [6.07, 6.45) is 7.65. The second-order valence-electron chi connectivity index (χ2n) is 5.30. The minimum atomic E-state index is 0.161. The van der Waals surface area contributed by atoms with E-state index in [-0.39, 0.29) is 6.04 Å². The number of nitrogens with zero attached hydrogens (tertiary/aromatic N) is 4. The maximum atomic E-state index is 5.05. The van der Waals surface area contributed by atoms with Gasteiger partial charge in [0.05, 0.1) is 18.7 Å². The zero-order chi connectivity index (χ0) is 13.5. The van der Waals surface area contributed by atoms with Crippen LogP contribution in [0.25, 0.3) is 0 Å². The fraction of sp³-hybridized carbons (Fsp3) is 0.923. The van der Waals surface area contributed by atoms with Crippen LogP contribution < -0.4 is 5.32 Å². The maximum Gasteiger partial charge on any atom is 0.168 e. The summed E-state index contributed by atoms with van der Waals surface area (Å²) in [6.45, 7) is 3.62. The van der Waals surface area contributed by atoms with Gasteiger partial charge < -0.3 is 10.1 Å². The Morgan fingerprint density at radius 1 is 1.32 bits per heavy atom. The van der Waals surface area contributed by atoms with Gasteiger partial charge in [-0.3, -0.25) is 0 Å². The summed E-state index contributed by atoms with van der Waals surface area (Å²) in [5.74, 6) is 0.947. The number of hydrogen-bond donors (Lipinski definition) is 1. The molecule has 1 aliphatic rings. The molecule has 0 radical (unpaired) electrons. The van der Waals surface area contributed by atoms with Crippen LogP contribution in [-0.4, -0.2) is 40.5 Å². The van der Waals surface area contributed by atoms with E-state index in [0.717, 1.165) is 12.4 Å². The summed E-state index contributed by atoms with van der Waals surface area (Å²) in [7, 11) is 1.71. The van der Waals surface area contributed by atoms with Gasteiger partial charge in [0.1, 0.15) is 0 Å². The van der Waals surface area contributed by atoms with Gasteiger partial charge in [-0.25, -0.2) is 4.68 Å². The SMILES string of the molecule is COCCNC(C)c1nnnn1C1CCCCCC1. The van der Waals surface area contributed by atoms with E-state index in [1.165, 1.54) is 38.5 Å². The summed E-state index contributed by atoms with van der Waals surface area (Å²) < 4.78 is 7.09. The Morgan fingerprint density at radius 3 is 2.74 bits per heavy atom. The van der Waals surface area contributed by atoms with Crippen molar-refractivity contribution in [3.8, 4) is 0 Å². The summed E-state index contributed by atoms with van der Waals surface area (Å²) in [6, 6.07) is 0.632. The number of nitrogens with one attached hydrogen (secondary N) is 1. The highest BCUT2D eigenvalue weighted by Gasteiger charge is 2.21. The van der Waals surface area contributed by atoms with E-state index in [4.69, 9.17) is 4.74 Å². The molecule has 1 saturated carbocycles. The van der Waals surface area contributed by atoms with Crippen molar-refractivity contribution in [2.24, 2.45) is 0 Å². The van der Waals surface area contributed by atoms with Gasteiger partial charge in [0.25, 0.3) is 0 Å². The second kappa shape index (κ2) is 7.55. The van der Waals surface area contributed by atoms with Crippen LogP contribution >= 0.6 is 0 Å². The Kier molecular flexibility index (Phi) is 5.72. The first kappa shape index (κ1) is 14.4. The molecule has 0 spiro atoms. The van der Waals surface area contributed by atoms with Crippen LogP contribution in [0.2, 0.25) is 0 Å². The summed E-state index contributed by atoms with van der Waals surface area (Å²) in [5, 5.41) is 15.7. The number of rotatable bonds is 6. The highest BCUT2D eigenvalue weighted by atomic mass is 16.5. The Morgan fingerprint density at radius 2 is 2.05 bits per heavy atom. The summed E-state index contributed by atoms with van der Waals surface area (Å²) in [5.41, 5.74) is 0. The van der Waals surface area contributed by atoms with E-state index >= 15 is 0 Å². The molecule has 6 nitrogen and oxygen atoms in total. The smallest absolute Gasteiger partial charge is 0.168 e. The molecule has 1 N–H and O–H groups in total. The van der Waals surface area contributed by atoms with Crippen LogP contribution in [0, 0.1) is 0 Å².